The molecule has 0 atom stereocenters. The summed E-state index contributed by atoms with van der Waals surface area (Å²) in [6, 6.07) is 11.6. The second kappa shape index (κ2) is 7.26. The number of allylic oxidation sites excluding steroid dienone is 1. The molecule has 0 saturated heterocycles. The predicted molar refractivity (Wildman–Crippen MR) is 88.8 cm³/mol. The Bertz CT molecular complexity index is 748. The van der Waals surface area contributed by atoms with Gasteiger partial charge in [0.25, 0.3) is 0 Å². The number of carbonyl (C=O) groups excluding carboxylic acids is 2. The molecule has 5 nitrogen and oxygen atoms in total. The molecule has 2 aromatic rings. The topological polar surface area (TPSA) is 75.6 Å². The third-order valence-corrected chi connectivity index (χ3v) is 3.13. The number of benzene rings is 2. The molecule has 1 amide bonds. The summed E-state index contributed by atoms with van der Waals surface area (Å²) in [5, 5.41) is 12.5. The van der Waals surface area contributed by atoms with Crippen LogP contribution in [0.2, 0.25) is 0 Å². The maximum atomic E-state index is 12.1. The van der Waals surface area contributed by atoms with E-state index in [1.807, 2.05) is 0 Å². The second-order valence-corrected chi connectivity index (χ2v) is 4.88. The average molecular weight is 311 g/mol. The van der Waals surface area contributed by atoms with Crippen LogP contribution in [0.3, 0.4) is 0 Å². The zero-order valence-corrected chi connectivity index (χ0v) is 12.9. The fourth-order valence-electron chi connectivity index (χ4n) is 1.99. The van der Waals surface area contributed by atoms with E-state index in [0.717, 1.165) is 5.56 Å². The summed E-state index contributed by atoms with van der Waals surface area (Å²) in [5.74, 6) is -0.0915. The fraction of sp³-hybridized carbons (Fsp3) is 0.111. The maximum Gasteiger partial charge on any atom is 0.221 e. The molecule has 0 heterocycles. The Balaban J connectivity index is 2.10. The van der Waals surface area contributed by atoms with Crippen LogP contribution < -0.4 is 10.1 Å². The first-order valence-electron chi connectivity index (χ1n) is 6.96. The average Bonchev–Trinajstić information content (AvgIpc) is 2.53. The molecule has 118 valence electrons. The first-order chi connectivity index (χ1) is 11.0. The van der Waals surface area contributed by atoms with Crippen LogP contribution in [0.5, 0.6) is 11.5 Å². The summed E-state index contributed by atoms with van der Waals surface area (Å²) >= 11 is 0. The van der Waals surface area contributed by atoms with Crippen molar-refractivity contribution >= 4 is 23.5 Å². The van der Waals surface area contributed by atoms with E-state index < -0.39 is 0 Å². The lowest BCUT2D eigenvalue weighted by Crippen LogP contribution is -2.05. The van der Waals surface area contributed by atoms with Crippen molar-refractivity contribution in [3.05, 3.63) is 59.7 Å². The van der Waals surface area contributed by atoms with E-state index in [9.17, 15) is 14.7 Å². The van der Waals surface area contributed by atoms with Crippen molar-refractivity contribution < 1.29 is 19.4 Å². The Morgan fingerprint density at radius 2 is 1.83 bits per heavy atom. The third kappa shape index (κ3) is 4.44. The van der Waals surface area contributed by atoms with Gasteiger partial charge in [-0.15, -0.1) is 0 Å². The van der Waals surface area contributed by atoms with Crippen LogP contribution in [-0.2, 0) is 4.79 Å². The Morgan fingerprint density at radius 3 is 2.39 bits per heavy atom. The smallest absolute Gasteiger partial charge is 0.221 e. The zero-order valence-electron chi connectivity index (χ0n) is 12.9. The van der Waals surface area contributed by atoms with Crippen molar-refractivity contribution in [2.75, 3.05) is 12.4 Å². The van der Waals surface area contributed by atoms with Crippen LogP contribution in [0.25, 0.3) is 6.08 Å². The van der Waals surface area contributed by atoms with E-state index in [1.54, 1.807) is 36.4 Å². The SMILES string of the molecule is COc1ccc(C(=O)/C=C/c2ccc(NC(C)=O)cc2)c(O)c1. The van der Waals surface area contributed by atoms with Crippen molar-refractivity contribution in [3.8, 4) is 11.5 Å². The summed E-state index contributed by atoms with van der Waals surface area (Å²) in [6.07, 6.45) is 3.03. The highest BCUT2D eigenvalue weighted by Gasteiger charge is 2.09. The number of hydrogen-bond acceptors (Lipinski definition) is 4. The highest BCUT2D eigenvalue weighted by molar-refractivity contribution is 6.08. The fourth-order valence-corrected chi connectivity index (χ4v) is 1.99. The molecule has 2 aromatic carbocycles. The van der Waals surface area contributed by atoms with Gasteiger partial charge in [0.05, 0.1) is 12.7 Å². The lowest BCUT2D eigenvalue weighted by Gasteiger charge is -2.04. The summed E-state index contributed by atoms with van der Waals surface area (Å²) in [4.78, 5) is 23.1. The molecule has 2 N–H and O–H groups in total. The van der Waals surface area contributed by atoms with Gasteiger partial charge in [0.2, 0.25) is 5.91 Å². The number of ketones is 1. The number of anilines is 1. The van der Waals surface area contributed by atoms with E-state index in [2.05, 4.69) is 5.32 Å². The van der Waals surface area contributed by atoms with Crippen molar-refractivity contribution in [2.45, 2.75) is 6.92 Å². The predicted octanol–water partition coefficient (Wildman–Crippen LogP) is 3.26. The quantitative estimate of drug-likeness (QED) is 0.656. The number of phenols is 1. The lowest BCUT2D eigenvalue weighted by atomic mass is 10.1. The van der Waals surface area contributed by atoms with E-state index >= 15 is 0 Å². The first kappa shape index (κ1) is 16.3. The summed E-state index contributed by atoms with van der Waals surface area (Å²) < 4.78 is 4.98. The molecule has 0 fully saturated rings. The Hall–Kier alpha value is -3.08. The molecular weight excluding hydrogens is 294 g/mol. The number of methoxy groups -OCH3 is 1. The number of amides is 1. The third-order valence-electron chi connectivity index (χ3n) is 3.13. The van der Waals surface area contributed by atoms with Gasteiger partial charge in [0.1, 0.15) is 11.5 Å². The van der Waals surface area contributed by atoms with Crippen LogP contribution in [-0.4, -0.2) is 23.9 Å². The molecular formula is C18H17NO4. The van der Waals surface area contributed by atoms with Crippen molar-refractivity contribution in [1.82, 2.24) is 0 Å². The molecule has 0 aliphatic rings. The minimum absolute atomic E-state index is 0.125. The Morgan fingerprint density at radius 1 is 1.13 bits per heavy atom. The molecule has 5 heteroatoms. The molecule has 0 saturated carbocycles. The number of aromatic hydroxyl groups is 1. The van der Waals surface area contributed by atoms with Crippen molar-refractivity contribution in [2.24, 2.45) is 0 Å². The number of phenolic OH excluding ortho intramolecular Hbond substituents is 1. The minimum atomic E-state index is -0.309. The molecule has 0 bridgehead atoms. The van der Waals surface area contributed by atoms with Gasteiger partial charge in [-0.1, -0.05) is 18.2 Å². The van der Waals surface area contributed by atoms with Crippen LogP contribution in [0.1, 0.15) is 22.8 Å². The summed E-state index contributed by atoms with van der Waals surface area (Å²) in [5.41, 5.74) is 1.70. The highest BCUT2D eigenvalue weighted by Crippen LogP contribution is 2.24. The van der Waals surface area contributed by atoms with Crippen molar-refractivity contribution in [1.29, 1.82) is 0 Å². The van der Waals surface area contributed by atoms with Gasteiger partial charge in [0, 0.05) is 18.7 Å². The number of rotatable bonds is 5. The minimum Gasteiger partial charge on any atom is -0.507 e. The monoisotopic (exact) mass is 311 g/mol. The van der Waals surface area contributed by atoms with Crippen LogP contribution >= 0.6 is 0 Å². The van der Waals surface area contributed by atoms with E-state index in [1.165, 1.54) is 32.2 Å². The van der Waals surface area contributed by atoms with Gasteiger partial charge in [0.15, 0.2) is 5.78 Å². The standard InChI is InChI=1S/C18H17NO4/c1-12(20)19-14-6-3-13(4-7-14)5-10-17(21)16-9-8-15(23-2)11-18(16)22/h3-11,22H,1-2H3,(H,19,20)/b10-5+. The molecule has 0 aliphatic heterocycles. The number of carbonyl (C=O) groups is 2. The number of ether oxygens (including phenoxy) is 1. The largest absolute Gasteiger partial charge is 0.507 e. The Labute approximate surface area is 134 Å². The molecule has 23 heavy (non-hydrogen) atoms. The molecule has 0 aromatic heterocycles. The van der Waals surface area contributed by atoms with Gasteiger partial charge in [-0.25, -0.2) is 0 Å². The molecule has 0 radical (unpaired) electrons. The van der Waals surface area contributed by atoms with Crippen molar-refractivity contribution in [3.63, 3.8) is 0 Å². The van der Waals surface area contributed by atoms with Crippen LogP contribution in [0.4, 0.5) is 5.69 Å². The van der Waals surface area contributed by atoms with Gasteiger partial charge in [-0.05, 0) is 35.9 Å². The molecule has 2 rings (SSSR count). The van der Waals surface area contributed by atoms with Gasteiger partial charge in [-0.3, -0.25) is 9.59 Å². The van der Waals surface area contributed by atoms with E-state index in [-0.39, 0.29) is 23.0 Å². The second-order valence-electron chi connectivity index (χ2n) is 4.88. The van der Waals surface area contributed by atoms with E-state index in [0.29, 0.717) is 11.4 Å². The number of nitrogens with one attached hydrogen (secondary N) is 1. The maximum absolute atomic E-state index is 12.1. The van der Waals surface area contributed by atoms with Gasteiger partial charge >= 0.3 is 0 Å². The van der Waals surface area contributed by atoms with Crippen LogP contribution in [0, 0.1) is 0 Å². The molecule has 0 unspecified atom stereocenters. The Kier molecular flexibility index (Phi) is 5.15. The zero-order chi connectivity index (χ0) is 16.8. The summed E-state index contributed by atoms with van der Waals surface area (Å²) in [6.45, 7) is 1.44. The normalized spacial score (nSPS) is 10.5. The molecule has 0 aliphatic carbocycles. The lowest BCUT2D eigenvalue weighted by molar-refractivity contribution is -0.114. The first-order valence-corrected chi connectivity index (χ1v) is 6.96. The van der Waals surface area contributed by atoms with Crippen LogP contribution in [0.15, 0.2) is 48.5 Å². The summed E-state index contributed by atoms with van der Waals surface area (Å²) in [7, 11) is 1.49. The highest BCUT2D eigenvalue weighted by atomic mass is 16.5. The van der Waals surface area contributed by atoms with E-state index in [4.69, 9.17) is 4.74 Å². The number of hydrogen-bond donors (Lipinski definition) is 2. The molecule has 0 spiro atoms. The van der Waals surface area contributed by atoms with Gasteiger partial charge < -0.3 is 15.2 Å². The van der Waals surface area contributed by atoms with Gasteiger partial charge in [-0.2, -0.15) is 0 Å².